The molecule has 0 unspecified atom stereocenters. The van der Waals surface area contributed by atoms with Crippen LogP contribution in [0.1, 0.15) is 29.2 Å². The van der Waals surface area contributed by atoms with Crippen molar-refractivity contribution in [2.24, 2.45) is 5.10 Å². The van der Waals surface area contributed by atoms with E-state index in [-0.39, 0.29) is 5.91 Å². The Kier molecular flexibility index (Phi) is 5.50. The zero-order valence-electron chi connectivity index (χ0n) is 13.0. The van der Waals surface area contributed by atoms with Crippen LogP contribution in [0.4, 0.5) is 0 Å². The Morgan fingerprint density at radius 3 is 2.45 bits per heavy atom. The third-order valence-electron chi connectivity index (χ3n) is 3.46. The predicted octanol–water partition coefficient (Wildman–Crippen LogP) is 4.15. The first-order valence-corrected chi connectivity index (χ1v) is 7.90. The van der Waals surface area contributed by atoms with Crippen LogP contribution in [0.25, 0.3) is 0 Å². The van der Waals surface area contributed by atoms with Gasteiger partial charge in [0.1, 0.15) is 0 Å². The first kappa shape index (κ1) is 16.4. The number of hydrazone groups is 1. The summed E-state index contributed by atoms with van der Waals surface area (Å²) in [6, 6.07) is 13.9. The van der Waals surface area contributed by atoms with E-state index in [0.717, 1.165) is 26.9 Å². The minimum absolute atomic E-state index is 0.108. The number of carbonyl (C=O) groups is 1. The monoisotopic (exact) mass is 358 g/mol. The Bertz CT molecular complexity index is 706. The van der Waals surface area contributed by atoms with E-state index in [0.29, 0.717) is 6.42 Å². The molecule has 2 aromatic rings. The van der Waals surface area contributed by atoms with Crippen LogP contribution in [0.5, 0.6) is 0 Å². The highest BCUT2D eigenvalue weighted by Gasteiger charge is 2.06. The molecule has 0 atom stereocenters. The maximum Gasteiger partial charge on any atom is 0.244 e. The number of hydrogen-bond acceptors (Lipinski definition) is 2. The fourth-order valence-corrected chi connectivity index (χ4v) is 2.42. The molecule has 2 aromatic carbocycles. The molecule has 2 rings (SSSR count). The molecule has 22 heavy (non-hydrogen) atoms. The van der Waals surface area contributed by atoms with Crippen molar-refractivity contribution in [3.05, 3.63) is 69.2 Å². The average molecular weight is 359 g/mol. The average Bonchev–Trinajstić information content (AvgIpc) is 2.48. The van der Waals surface area contributed by atoms with Crippen molar-refractivity contribution in [1.82, 2.24) is 5.43 Å². The number of benzene rings is 2. The Hall–Kier alpha value is -1.94. The van der Waals surface area contributed by atoms with Gasteiger partial charge in [0.05, 0.1) is 12.1 Å². The molecule has 0 saturated carbocycles. The van der Waals surface area contributed by atoms with Crippen LogP contribution in [0.2, 0.25) is 0 Å². The lowest BCUT2D eigenvalue weighted by atomic mass is 10.0. The molecular formula is C18H19BrN2O. The van der Waals surface area contributed by atoms with Gasteiger partial charge in [0.2, 0.25) is 5.91 Å². The van der Waals surface area contributed by atoms with Gasteiger partial charge in [-0.2, -0.15) is 5.10 Å². The first-order chi connectivity index (χ1) is 10.5. The fraction of sp³-hybridized carbons (Fsp3) is 0.222. The third-order valence-corrected chi connectivity index (χ3v) is 3.99. The van der Waals surface area contributed by atoms with Crippen molar-refractivity contribution >= 4 is 27.5 Å². The van der Waals surface area contributed by atoms with Crippen molar-refractivity contribution in [2.45, 2.75) is 27.2 Å². The summed E-state index contributed by atoms with van der Waals surface area (Å²) in [5, 5.41) is 4.17. The van der Waals surface area contributed by atoms with E-state index in [1.807, 2.05) is 57.2 Å². The van der Waals surface area contributed by atoms with E-state index in [4.69, 9.17) is 0 Å². The lowest BCUT2D eigenvalue weighted by Gasteiger charge is -2.07. The maximum absolute atomic E-state index is 12.0. The molecule has 0 bridgehead atoms. The van der Waals surface area contributed by atoms with E-state index in [1.165, 1.54) is 5.56 Å². The van der Waals surface area contributed by atoms with Gasteiger partial charge in [-0.1, -0.05) is 51.8 Å². The molecule has 0 spiro atoms. The highest BCUT2D eigenvalue weighted by atomic mass is 79.9. The second-order valence-corrected chi connectivity index (χ2v) is 6.26. The molecule has 0 aromatic heterocycles. The third kappa shape index (κ3) is 4.53. The van der Waals surface area contributed by atoms with Gasteiger partial charge < -0.3 is 0 Å². The quantitative estimate of drug-likeness (QED) is 0.647. The zero-order valence-corrected chi connectivity index (χ0v) is 14.6. The van der Waals surface area contributed by atoms with E-state index in [2.05, 4.69) is 32.5 Å². The summed E-state index contributed by atoms with van der Waals surface area (Å²) in [6.45, 7) is 5.94. The molecule has 0 aliphatic carbocycles. The van der Waals surface area contributed by atoms with Gasteiger partial charge in [-0.25, -0.2) is 5.43 Å². The minimum atomic E-state index is -0.108. The van der Waals surface area contributed by atoms with Gasteiger partial charge >= 0.3 is 0 Å². The summed E-state index contributed by atoms with van der Waals surface area (Å²) in [7, 11) is 0. The van der Waals surface area contributed by atoms with Crippen molar-refractivity contribution in [3.8, 4) is 0 Å². The van der Waals surface area contributed by atoms with Gasteiger partial charge in [-0.05, 0) is 49.6 Å². The number of carbonyl (C=O) groups excluding carboxylic acids is 1. The van der Waals surface area contributed by atoms with Crippen molar-refractivity contribution in [2.75, 3.05) is 0 Å². The van der Waals surface area contributed by atoms with Crippen molar-refractivity contribution in [3.63, 3.8) is 0 Å². The number of rotatable bonds is 4. The van der Waals surface area contributed by atoms with Gasteiger partial charge in [-0.15, -0.1) is 0 Å². The summed E-state index contributed by atoms with van der Waals surface area (Å²) in [6.07, 6.45) is 0.337. The van der Waals surface area contributed by atoms with Gasteiger partial charge in [0, 0.05) is 4.47 Å². The van der Waals surface area contributed by atoms with Crippen LogP contribution in [-0.4, -0.2) is 11.6 Å². The van der Waals surface area contributed by atoms with Crippen molar-refractivity contribution in [1.29, 1.82) is 0 Å². The number of halogens is 1. The smallest absolute Gasteiger partial charge is 0.244 e. The molecule has 0 saturated heterocycles. The second-order valence-electron chi connectivity index (χ2n) is 5.35. The summed E-state index contributed by atoms with van der Waals surface area (Å²) in [4.78, 5) is 12.0. The van der Waals surface area contributed by atoms with E-state index < -0.39 is 0 Å². The summed E-state index contributed by atoms with van der Waals surface area (Å²) in [5.74, 6) is -0.108. The Balaban J connectivity index is 1.99. The molecule has 1 N–H and O–H groups in total. The molecule has 0 aliphatic rings. The lowest BCUT2D eigenvalue weighted by molar-refractivity contribution is -0.120. The molecule has 0 radical (unpaired) electrons. The largest absolute Gasteiger partial charge is 0.273 e. The second kappa shape index (κ2) is 7.36. The minimum Gasteiger partial charge on any atom is -0.273 e. The standard InChI is InChI=1S/C18H19BrN2O/c1-12-4-5-16(13(2)10-12)11-18(22)21-20-14(3)15-6-8-17(19)9-7-15/h4-10H,11H2,1-3H3,(H,21,22)/b20-14+. The van der Waals surface area contributed by atoms with E-state index in [1.54, 1.807) is 0 Å². The van der Waals surface area contributed by atoms with E-state index in [9.17, 15) is 4.79 Å². The number of nitrogens with zero attached hydrogens (tertiary/aromatic N) is 1. The fourth-order valence-electron chi connectivity index (χ4n) is 2.16. The summed E-state index contributed by atoms with van der Waals surface area (Å²) in [5.41, 5.74) is 7.74. The molecule has 4 heteroatoms. The van der Waals surface area contributed by atoms with Gasteiger partial charge in [0.25, 0.3) is 0 Å². The molecule has 3 nitrogen and oxygen atoms in total. The first-order valence-electron chi connectivity index (χ1n) is 7.11. The number of nitrogens with one attached hydrogen (secondary N) is 1. The normalized spacial score (nSPS) is 11.4. The molecule has 114 valence electrons. The Morgan fingerprint density at radius 1 is 1.14 bits per heavy atom. The predicted molar refractivity (Wildman–Crippen MR) is 94.1 cm³/mol. The summed E-state index contributed by atoms with van der Waals surface area (Å²) >= 11 is 3.40. The highest BCUT2D eigenvalue weighted by molar-refractivity contribution is 9.10. The van der Waals surface area contributed by atoms with Crippen LogP contribution in [0.15, 0.2) is 52.0 Å². The Labute approximate surface area is 139 Å². The van der Waals surface area contributed by atoms with Crippen LogP contribution in [0.3, 0.4) is 0 Å². The zero-order chi connectivity index (χ0) is 16.1. The van der Waals surface area contributed by atoms with Gasteiger partial charge in [-0.3, -0.25) is 4.79 Å². The summed E-state index contributed by atoms with van der Waals surface area (Å²) < 4.78 is 1.02. The lowest BCUT2D eigenvalue weighted by Crippen LogP contribution is -2.21. The van der Waals surface area contributed by atoms with Crippen LogP contribution < -0.4 is 5.43 Å². The molecular weight excluding hydrogens is 340 g/mol. The van der Waals surface area contributed by atoms with Crippen LogP contribution in [-0.2, 0) is 11.2 Å². The number of aryl methyl sites for hydroxylation is 2. The Morgan fingerprint density at radius 2 is 1.82 bits per heavy atom. The van der Waals surface area contributed by atoms with Gasteiger partial charge in [0.15, 0.2) is 0 Å². The van der Waals surface area contributed by atoms with Crippen LogP contribution in [0, 0.1) is 13.8 Å². The molecule has 1 amide bonds. The molecule has 0 fully saturated rings. The van der Waals surface area contributed by atoms with Crippen molar-refractivity contribution < 1.29 is 4.79 Å². The SMILES string of the molecule is C/C(=N\NC(=O)Cc1ccc(C)cc1C)c1ccc(Br)cc1. The van der Waals surface area contributed by atoms with Crippen LogP contribution >= 0.6 is 15.9 Å². The van der Waals surface area contributed by atoms with E-state index >= 15 is 0 Å². The maximum atomic E-state index is 12.0. The molecule has 0 aliphatic heterocycles. The highest BCUT2D eigenvalue weighted by Crippen LogP contribution is 2.12. The molecule has 0 heterocycles. The number of hydrogen-bond donors (Lipinski definition) is 1. The topological polar surface area (TPSA) is 41.5 Å². The number of amides is 1.